The standard InChI is InChI=1S/C16H22N4/c1-14-3-2-4-15(11-14)12-19-7-9-20(10-8-19)13-16-17-5-6-18-16/h2-6,11H,7-10,12-13H2,1H3,(H,17,18). The zero-order chi connectivity index (χ0) is 13.8. The second kappa shape index (κ2) is 6.20. The molecule has 1 aliphatic rings. The van der Waals surface area contributed by atoms with Crippen LogP contribution in [0.1, 0.15) is 17.0 Å². The van der Waals surface area contributed by atoms with Crippen LogP contribution >= 0.6 is 0 Å². The van der Waals surface area contributed by atoms with Crippen molar-refractivity contribution in [2.75, 3.05) is 26.2 Å². The number of aromatic nitrogens is 2. The van der Waals surface area contributed by atoms with Gasteiger partial charge >= 0.3 is 0 Å². The number of rotatable bonds is 4. The van der Waals surface area contributed by atoms with Crippen LogP contribution in [0.25, 0.3) is 0 Å². The van der Waals surface area contributed by atoms with E-state index in [9.17, 15) is 0 Å². The Morgan fingerprint density at radius 1 is 1.10 bits per heavy atom. The normalized spacial score (nSPS) is 17.4. The molecule has 0 radical (unpaired) electrons. The Morgan fingerprint density at radius 2 is 1.85 bits per heavy atom. The van der Waals surface area contributed by atoms with Gasteiger partial charge in [0.1, 0.15) is 5.82 Å². The molecule has 4 nitrogen and oxygen atoms in total. The first-order valence-electron chi connectivity index (χ1n) is 7.28. The quantitative estimate of drug-likeness (QED) is 0.923. The predicted molar refractivity (Wildman–Crippen MR) is 80.3 cm³/mol. The summed E-state index contributed by atoms with van der Waals surface area (Å²) in [6.45, 7) is 8.66. The maximum Gasteiger partial charge on any atom is 0.120 e. The highest BCUT2D eigenvalue weighted by Gasteiger charge is 2.17. The minimum Gasteiger partial charge on any atom is -0.348 e. The van der Waals surface area contributed by atoms with Crippen molar-refractivity contribution in [3.05, 3.63) is 53.6 Å². The van der Waals surface area contributed by atoms with E-state index in [1.807, 2.05) is 12.4 Å². The molecule has 1 saturated heterocycles. The summed E-state index contributed by atoms with van der Waals surface area (Å²) in [5, 5.41) is 0. The monoisotopic (exact) mass is 270 g/mol. The zero-order valence-corrected chi connectivity index (χ0v) is 12.0. The van der Waals surface area contributed by atoms with Gasteiger partial charge in [-0.1, -0.05) is 29.8 Å². The van der Waals surface area contributed by atoms with E-state index in [4.69, 9.17) is 0 Å². The molecule has 0 atom stereocenters. The van der Waals surface area contributed by atoms with Crippen LogP contribution in [0.5, 0.6) is 0 Å². The van der Waals surface area contributed by atoms with Gasteiger partial charge in [0.05, 0.1) is 6.54 Å². The summed E-state index contributed by atoms with van der Waals surface area (Å²) in [6.07, 6.45) is 3.71. The van der Waals surface area contributed by atoms with Crippen LogP contribution in [-0.2, 0) is 13.1 Å². The van der Waals surface area contributed by atoms with Gasteiger partial charge in [0, 0.05) is 45.1 Å². The van der Waals surface area contributed by atoms with Crippen molar-refractivity contribution in [3.63, 3.8) is 0 Å². The number of benzene rings is 1. The number of imidazole rings is 1. The van der Waals surface area contributed by atoms with E-state index in [1.54, 1.807) is 0 Å². The van der Waals surface area contributed by atoms with E-state index >= 15 is 0 Å². The number of nitrogens with one attached hydrogen (secondary N) is 1. The Hall–Kier alpha value is -1.65. The molecule has 1 aromatic carbocycles. The lowest BCUT2D eigenvalue weighted by atomic mass is 10.1. The number of H-pyrrole nitrogens is 1. The van der Waals surface area contributed by atoms with Crippen molar-refractivity contribution in [2.45, 2.75) is 20.0 Å². The number of nitrogens with zero attached hydrogens (tertiary/aromatic N) is 3. The summed E-state index contributed by atoms with van der Waals surface area (Å²) in [6, 6.07) is 8.82. The van der Waals surface area contributed by atoms with E-state index in [0.717, 1.165) is 45.1 Å². The molecule has 0 unspecified atom stereocenters. The van der Waals surface area contributed by atoms with Gasteiger partial charge in [-0.25, -0.2) is 4.98 Å². The molecule has 2 aromatic rings. The molecule has 0 saturated carbocycles. The van der Waals surface area contributed by atoms with Gasteiger partial charge in [0.2, 0.25) is 0 Å². The van der Waals surface area contributed by atoms with E-state index in [-0.39, 0.29) is 0 Å². The van der Waals surface area contributed by atoms with Gasteiger partial charge in [0.15, 0.2) is 0 Å². The first-order valence-corrected chi connectivity index (χ1v) is 7.28. The maximum atomic E-state index is 4.30. The fraction of sp³-hybridized carbons (Fsp3) is 0.438. The molecule has 0 bridgehead atoms. The Labute approximate surface area is 120 Å². The average Bonchev–Trinajstić information content (AvgIpc) is 2.94. The third-order valence-electron chi connectivity index (χ3n) is 3.88. The molecule has 1 fully saturated rings. The molecule has 3 rings (SSSR count). The molecule has 0 spiro atoms. The van der Waals surface area contributed by atoms with Crippen molar-refractivity contribution in [3.8, 4) is 0 Å². The highest BCUT2D eigenvalue weighted by Crippen LogP contribution is 2.11. The summed E-state index contributed by atoms with van der Waals surface area (Å²) in [5.74, 6) is 1.07. The van der Waals surface area contributed by atoms with Gasteiger partial charge in [-0.15, -0.1) is 0 Å². The van der Waals surface area contributed by atoms with Gasteiger partial charge in [-0.05, 0) is 12.5 Å². The number of hydrogen-bond acceptors (Lipinski definition) is 3. The van der Waals surface area contributed by atoms with Crippen molar-refractivity contribution in [1.29, 1.82) is 0 Å². The maximum absolute atomic E-state index is 4.30. The van der Waals surface area contributed by atoms with Crippen LogP contribution in [0.15, 0.2) is 36.7 Å². The lowest BCUT2D eigenvalue weighted by Crippen LogP contribution is -2.45. The number of aromatic amines is 1. The van der Waals surface area contributed by atoms with E-state index < -0.39 is 0 Å². The minimum absolute atomic E-state index is 0.936. The molecule has 1 aromatic heterocycles. The molecule has 20 heavy (non-hydrogen) atoms. The molecule has 0 aliphatic carbocycles. The SMILES string of the molecule is Cc1cccc(CN2CCN(Cc3ncc[nH]3)CC2)c1. The first-order chi connectivity index (χ1) is 9.79. The lowest BCUT2D eigenvalue weighted by molar-refractivity contribution is 0.120. The van der Waals surface area contributed by atoms with Crippen LogP contribution in [0.3, 0.4) is 0 Å². The average molecular weight is 270 g/mol. The first kappa shape index (κ1) is 13.3. The molecule has 2 heterocycles. The molecule has 0 amide bonds. The molecule has 1 aliphatic heterocycles. The van der Waals surface area contributed by atoms with E-state index in [0.29, 0.717) is 0 Å². The third kappa shape index (κ3) is 3.46. The lowest BCUT2D eigenvalue weighted by Gasteiger charge is -2.34. The van der Waals surface area contributed by atoms with Crippen LogP contribution < -0.4 is 0 Å². The van der Waals surface area contributed by atoms with Crippen LogP contribution in [0.2, 0.25) is 0 Å². The highest BCUT2D eigenvalue weighted by atomic mass is 15.3. The Bertz CT molecular complexity index is 527. The molecular formula is C16H22N4. The predicted octanol–water partition coefficient (Wildman–Crippen LogP) is 2.04. The van der Waals surface area contributed by atoms with Crippen LogP contribution in [0.4, 0.5) is 0 Å². The summed E-state index contributed by atoms with van der Waals surface area (Å²) >= 11 is 0. The van der Waals surface area contributed by atoms with Crippen LogP contribution in [-0.4, -0.2) is 45.9 Å². The minimum atomic E-state index is 0.936. The van der Waals surface area contributed by atoms with Crippen molar-refractivity contribution >= 4 is 0 Å². The summed E-state index contributed by atoms with van der Waals surface area (Å²) in [4.78, 5) is 12.5. The number of hydrogen-bond donors (Lipinski definition) is 1. The van der Waals surface area contributed by atoms with Crippen molar-refractivity contribution < 1.29 is 0 Å². The molecule has 106 valence electrons. The van der Waals surface area contributed by atoms with Crippen molar-refractivity contribution in [1.82, 2.24) is 19.8 Å². The van der Waals surface area contributed by atoms with Gasteiger partial charge in [-0.2, -0.15) is 0 Å². The number of aryl methyl sites for hydroxylation is 1. The second-order valence-electron chi connectivity index (χ2n) is 5.58. The van der Waals surface area contributed by atoms with Crippen LogP contribution in [0, 0.1) is 6.92 Å². The van der Waals surface area contributed by atoms with Crippen molar-refractivity contribution in [2.24, 2.45) is 0 Å². The molecular weight excluding hydrogens is 248 g/mol. The molecule has 1 N–H and O–H groups in total. The second-order valence-corrected chi connectivity index (χ2v) is 5.58. The Kier molecular flexibility index (Phi) is 4.14. The summed E-state index contributed by atoms with van der Waals surface area (Å²) in [5.41, 5.74) is 2.77. The highest BCUT2D eigenvalue weighted by molar-refractivity contribution is 5.22. The number of piperazine rings is 1. The smallest absolute Gasteiger partial charge is 0.120 e. The largest absolute Gasteiger partial charge is 0.348 e. The molecule has 4 heteroatoms. The zero-order valence-electron chi connectivity index (χ0n) is 12.0. The summed E-state index contributed by atoms with van der Waals surface area (Å²) in [7, 11) is 0. The van der Waals surface area contributed by atoms with E-state index in [1.165, 1.54) is 11.1 Å². The van der Waals surface area contributed by atoms with Gasteiger partial charge in [-0.3, -0.25) is 9.80 Å². The fourth-order valence-corrected chi connectivity index (χ4v) is 2.77. The summed E-state index contributed by atoms with van der Waals surface area (Å²) < 4.78 is 0. The van der Waals surface area contributed by atoms with Gasteiger partial charge < -0.3 is 4.98 Å². The Balaban J connectivity index is 1.48. The van der Waals surface area contributed by atoms with Gasteiger partial charge in [0.25, 0.3) is 0 Å². The Morgan fingerprint density at radius 3 is 2.50 bits per heavy atom. The topological polar surface area (TPSA) is 35.2 Å². The fourth-order valence-electron chi connectivity index (χ4n) is 2.77. The van der Waals surface area contributed by atoms with E-state index in [2.05, 4.69) is 51.0 Å². The third-order valence-corrected chi connectivity index (χ3v) is 3.88.